The number of hydrogen-bond acceptors (Lipinski definition) is 2. The van der Waals surface area contributed by atoms with Crippen molar-refractivity contribution in [1.82, 2.24) is 5.32 Å². The summed E-state index contributed by atoms with van der Waals surface area (Å²) in [4.78, 5) is 2.18. The average molecular weight is 305 g/mol. The lowest BCUT2D eigenvalue weighted by molar-refractivity contribution is 0.386. The maximum Gasteiger partial charge on any atom is 0.126 e. The molecule has 1 fully saturated rings. The summed E-state index contributed by atoms with van der Waals surface area (Å²) in [5, 5.41) is 4.28. The molecule has 0 spiro atoms. The van der Waals surface area contributed by atoms with Gasteiger partial charge in [-0.15, -0.1) is 0 Å². The number of piperazine rings is 1. The SMILES string of the molecule is CCCC1CN(c2c(Cl)cc(F)cc2Cl)C(C)CN1. The highest BCUT2D eigenvalue weighted by Gasteiger charge is 2.27. The molecule has 0 bridgehead atoms. The minimum atomic E-state index is -0.397. The van der Waals surface area contributed by atoms with Gasteiger partial charge in [0.2, 0.25) is 0 Å². The first kappa shape index (κ1) is 14.9. The highest BCUT2D eigenvalue weighted by molar-refractivity contribution is 6.39. The maximum absolute atomic E-state index is 13.3. The van der Waals surface area contributed by atoms with Crippen LogP contribution in [0.15, 0.2) is 12.1 Å². The minimum absolute atomic E-state index is 0.286. The Bertz CT molecular complexity index is 430. The number of halogens is 3. The van der Waals surface area contributed by atoms with Crippen molar-refractivity contribution in [2.45, 2.75) is 38.8 Å². The maximum atomic E-state index is 13.3. The Hall–Kier alpha value is -0.510. The molecule has 1 aromatic carbocycles. The molecule has 0 aliphatic carbocycles. The van der Waals surface area contributed by atoms with Crippen LogP contribution in [0, 0.1) is 5.82 Å². The molecule has 1 aliphatic rings. The predicted octanol–water partition coefficient (Wildman–Crippen LogP) is 4.10. The van der Waals surface area contributed by atoms with Gasteiger partial charge in [0.25, 0.3) is 0 Å². The molecular formula is C14H19Cl2FN2. The number of hydrogen-bond donors (Lipinski definition) is 1. The molecule has 1 heterocycles. The lowest BCUT2D eigenvalue weighted by atomic mass is 10.0. The fraction of sp³-hybridized carbons (Fsp3) is 0.571. The Morgan fingerprint density at radius 3 is 2.58 bits per heavy atom. The van der Waals surface area contributed by atoms with Crippen LogP contribution in [0.5, 0.6) is 0 Å². The zero-order valence-electron chi connectivity index (χ0n) is 11.2. The lowest BCUT2D eigenvalue weighted by Gasteiger charge is -2.41. The summed E-state index contributed by atoms with van der Waals surface area (Å²) in [6.07, 6.45) is 2.24. The average Bonchev–Trinajstić information content (AvgIpc) is 2.32. The molecule has 1 aliphatic heterocycles. The molecule has 2 nitrogen and oxygen atoms in total. The van der Waals surface area contributed by atoms with Crippen molar-refractivity contribution in [3.8, 4) is 0 Å². The normalized spacial score (nSPS) is 23.7. The molecule has 19 heavy (non-hydrogen) atoms. The molecule has 2 unspecified atom stereocenters. The van der Waals surface area contributed by atoms with Crippen LogP contribution in [-0.2, 0) is 0 Å². The van der Waals surface area contributed by atoms with Crippen LogP contribution in [-0.4, -0.2) is 25.2 Å². The summed E-state index contributed by atoms with van der Waals surface area (Å²) in [6, 6.07) is 3.37. The molecule has 5 heteroatoms. The summed E-state index contributed by atoms with van der Waals surface area (Å²) < 4.78 is 13.3. The first-order valence-corrected chi connectivity index (χ1v) is 7.43. The zero-order valence-corrected chi connectivity index (χ0v) is 12.7. The number of anilines is 1. The van der Waals surface area contributed by atoms with E-state index in [2.05, 4.69) is 24.1 Å². The van der Waals surface area contributed by atoms with E-state index < -0.39 is 5.82 Å². The zero-order chi connectivity index (χ0) is 14.0. The van der Waals surface area contributed by atoms with E-state index in [-0.39, 0.29) is 6.04 Å². The largest absolute Gasteiger partial charge is 0.364 e. The van der Waals surface area contributed by atoms with Gasteiger partial charge < -0.3 is 10.2 Å². The van der Waals surface area contributed by atoms with Crippen molar-refractivity contribution in [2.75, 3.05) is 18.0 Å². The van der Waals surface area contributed by atoms with E-state index in [1.165, 1.54) is 12.1 Å². The van der Waals surface area contributed by atoms with Gasteiger partial charge in [-0.25, -0.2) is 4.39 Å². The molecule has 1 N–H and O–H groups in total. The van der Waals surface area contributed by atoms with E-state index in [0.717, 1.165) is 31.6 Å². The van der Waals surface area contributed by atoms with E-state index >= 15 is 0 Å². The summed E-state index contributed by atoms with van der Waals surface area (Å²) in [5.74, 6) is -0.397. The van der Waals surface area contributed by atoms with Crippen LogP contribution in [0.1, 0.15) is 26.7 Å². The van der Waals surface area contributed by atoms with Crippen molar-refractivity contribution in [3.05, 3.63) is 28.0 Å². The summed E-state index contributed by atoms with van der Waals surface area (Å²) in [5.41, 5.74) is 0.750. The smallest absolute Gasteiger partial charge is 0.126 e. The molecule has 106 valence electrons. The molecule has 2 atom stereocenters. The van der Waals surface area contributed by atoms with Crippen molar-refractivity contribution in [2.24, 2.45) is 0 Å². The molecule has 0 radical (unpaired) electrons. The fourth-order valence-corrected chi connectivity index (χ4v) is 3.27. The van der Waals surface area contributed by atoms with Gasteiger partial charge in [0.1, 0.15) is 5.82 Å². The number of nitrogens with one attached hydrogen (secondary N) is 1. The third kappa shape index (κ3) is 3.33. The molecule has 1 aromatic rings. The quantitative estimate of drug-likeness (QED) is 0.904. The molecule has 2 rings (SSSR count). The molecule has 0 amide bonds. The lowest BCUT2D eigenvalue weighted by Crippen LogP contribution is -2.55. The van der Waals surface area contributed by atoms with Gasteiger partial charge in [0, 0.05) is 25.2 Å². The van der Waals surface area contributed by atoms with Crippen LogP contribution < -0.4 is 10.2 Å². The highest BCUT2D eigenvalue weighted by Crippen LogP contribution is 2.36. The van der Waals surface area contributed by atoms with E-state index in [4.69, 9.17) is 23.2 Å². The van der Waals surface area contributed by atoms with E-state index in [0.29, 0.717) is 16.1 Å². The Kier molecular flexibility index (Phi) is 4.93. The second kappa shape index (κ2) is 6.29. The first-order valence-electron chi connectivity index (χ1n) is 6.67. The van der Waals surface area contributed by atoms with Crippen LogP contribution in [0.25, 0.3) is 0 Å². The Morgan fingerprint density at radius 1 is 1.37 bits per heavy atom. The monoisotopic (exact) mass is 304 g/mol. The van der Waals surface area contributed by atoms with Gasteiger partial charge in [-0.2, -0.15) is 0 Å². The third-order valence-electron chi connectivity index (χ3n) is 3.56. The van der Waals surface area contributed by atoms with E-state index in [9.17, 15) is 4.39 Å². The van der Waals surface area contributed by atoms with Crippen LogP contribution in [0.3, 0.4) is 0 Å². The van der Waals surface area contributed by atoms with Crippen LogP contribution in [0.2, 0.25) is 10.0 Å². The van der Waals surface area contributed by atoms with Crippen molar-refractivity contribution in [3.63, 3.8) is 0 Å². The Morgan fingerprint density at radius 2 is 2.00 bits per heavy atom. The van der Waals surface area contributed by atoms with Gasteiger partial charge in [-0.3, -0.25) is 0 Å². The molecule has 0 aromatic heterocycles. The van der Waals surface area contributed by atoms with Gasteiger partial charge in [-0.1, -0.05) is 36.5 Å². The number of rotatable bonds is 3. The topological polar surface area (TPSA) is 15.3 Å². The van der Waals surface area contributed by atoms with Crippen molar-refractivity contribution >= 4 is 28.9 Å². The summed E-state index contributed by atoms with van der Waals surface area (Å²) >= 11 is 12.3. The number of benzene rings is 1. The third-order valence-corrected chi connectivity index (χ3v) is 4.13. The van der Waals surface area contributed by atoms with Gasteiger partial charge in [0.15, 0.2) is 0 Å². The Balaban J connectivity index is 2.28. The predicted molar refractivity (Wildman–Crippen MR) is 79.9 cm³/mol. The highest BCUT2D eigenvalue weighted by atomic mass is 35.5. The van der Waals surface area contributed by atoms with Crippen molar-refractivity contribution in [1.29, 1.82) is 0 Å². The Labute approximate surface area is 123 Å². The summed E-state index contributed by atoms with van der Waals surface area (Å²) in [6.45, 7) is 6.02. The second-order valence-electron chi connectivity index (χ2n) is 5.11. The van der Waals surface area contributed by atoms with E-state index in [1.54, 1.807) is 0 Å². The van der Waals surface area contributed by atoms with Crippen LogP contribution in [0.4, 0.5) is 10.1 Å². The van der Waals surface area contributed by atoms with Gasteiger partial charge in [-0.05, 0) is 25.5 Å². The molecule has 0 saturated carbocycles. The standard InChI is InChI=1S/C14H19Cl2FN2/c1-3-4-11-8-19(9(2)7-18-11)14-12(15)5-10(17)6-13(14)16/h5-6,9,11,18H,3-4,7-8H2,1-2H3. The van der Waals surface area contributed by atoms with E-state index in [1.807, 2.05) is 0 Å². The van der Waals surface area contributed by atoms with Gasteiger partial charge >= 0.3 is 0 Å². The van der Waals surface area contributed by atoms with Crippen molar-refractivity contribution < 1.29 is 4.39 Å². The fourth-order valence-electron chi connectivity index (χ4n) is 2.59. The molecular weight excluding hydrogens is 286 g/mol. The minimum Gasteiger partial charge on any atom is -0.364 e. The second-order valence-corrected chi connectivity index (χ2v) is 5.93. The first-order chi connectivity index (χ1) is 9.02. The number of nitrogens with zero attached hydrogens (tertiary/aromatic N) is 1. The molecule has 1 saturated heterocycles. The van der Waals surface area contributed by atoms with Gasteiger partial charge in [0.05, 0.1) is 15.7 Å². The van der Waals surface area contributed by atoms with Crippen LogP contribution >= 0.6 is 23.2 Å². The summed E-state index contributed by atoms with van der Waals surface area (Å²) in [7, 11) is 0.